The molecule has 1 aromatic carbocycles. The van der Waals surface area contributed by atoms with Gasteiger partial charge in [0, 0.05) is 16.6 Å². The average Bonchev–Trinajstić information content (AvgIpc) is 2.45. The van der Waals surface area contributed by atoms with Crippen LogP contribution in [0.3, 0.4) is 0 Å². The largest absolute Gasteiger partial charge is 0.394 e. The summed E-state index contributed by atoms with van der Waals surface area (Å²) in [5.74, 6) is 0. The lowest BCUT2D eigenvalue weighted by atomic mass is 10.1. The molecule has 22 heavy (non-hydrogen) atoms. The van der Waals surface area contributed by atoms with E-state index in [9.17, 15) is 15.0 Å². The summed E-state index contributed by atoms with van der Waals surface area (Å²) < 4.78 is 0. The molecule has 0 aliphatic rings. The smallest absolute Gasteiger partial charge is 0.318 e. The van der Waals surface area contributed by atoms with Crippen molar-refractivity contribution in [3.05, 3.63) is 33.8 Å². The molecule has 3 atom stereocenters. The van der Waals surface area contributed by atoms with Crippen molar-refractivity contribution in [2.45, 2.75) is 39.0 Å². The summed E-state index contributed by atoms with van der Waals surface area (Å²) in [5, 5.41) is 22.6. The summed E-state index contributed by atoms with van der Waals surface area (Å²) in [6.45, 7) is 5.02. The van der Waals surface area contributed by atoms with E-state index in [1.165, 1.54) is 4.90 Å². The first-order valence-corrected chi connectivity index (χ1v) is 7.82. The van der Waals surface area contributed by atoms with E-state index < -0.39 is 12.1 Å². The molecule has 0 radical (unpaired) electrons. The molecular weight excluding hydrogens is 327 g/mol. The summed E-state index contributed by atoms with van der Waals surface area (Å²) in [6, 6.07) is 3.90. The molecule has 0 saturated carbocycles. The van der Waals surface area contributed by atoms with Crippen molar-refractivity contribution in [2.75, 3.05) is 13.2 Å². The number of halogens is 2. The SMILES string of the molecule is CC(O)CN(C(=O)N[C@H](C)c1cc(Cl)ccc1Cl)C(C)CO. The standard InChI is InChI=1S/C15H22Cl2N2O3/c1-9(8-20)19(7-10(2)21)15(22)18-11(3)13-6-12(16)4-5-14(13)17/h4-6,9-11,20-21H,7-8H2,1-3H3,(H,18,22)/t9?,10?,11-/m1/s1. The Kier molecular flexibility index (Phi) is 7.42. The molecular formula is C15H22Cl2N2O3. The fraction of sp³-hybridized carbons (Fsp3) is 0.533. The van der Waals surface area contributed by atoms with Gasteiger partial charge in [0.15, 0.2) is 0 Å². The van der Waals surface area contributed by atoms with Crippen LogP contribution in [-0.2, 0) is 0 Å². The van der Waals surface area contributed by atoms with Crippen molar-refractivity contribution < 1.29 is 15.0 Å². The highest BCUT2D eigenvalue weighted by Gasteiger charge is 2.23. The minimum atomic E-state index is -0.690. The van der Waals surface area contributed by atoms with Gasteiger partial charge in [-0.2, -0.15) is 0 Å². The quantitative estimate of drug-likeness (QED) is 0.739. The first kappa shape index (κ1) is 19.0. The Morgan fingerprint density at radius 2 is 1.95 bits per heavy atom. The van der Waals surface area contributed by atoms with Gasteiger partial charge in [-0.1, -0.05) is 23.2 Å². The molecule has 124 valence electrons. The zero-order chi connectivity index (χ0) is 16.9. The molecule has 0 spiro atoms. The van der Waals surface area contributed by atoms with Crippen LogP contribution in [0.4, 0.5) is 4.79 Å². The topological polar surface area (TPSA) is 72.8 Å². The molecule has 0 fully saturated rings. The number of nitrogens with zero attached hydrogens (tertiary/aromatic N) is 1. The normalized spacial score (nSPS) is 15.0. The molecule has 2 unspecified atom stereocenters. The van der Waals surface area contributed by atoms with E-state index in [2.05, 4.69) is 5.32 Å². The summed E-state index contributed by atoms with van der Waals surface area (Å²) in [4.78, 5) is 13.8. The van der Waals surface area contributed by atoms with Crippen LogP contribution in [0, 0.1) is 0 Å². The maximum atomic E-state index is 12.4. The third kappa shape index (κ3) is 5.32. The summed E-state index contributed by atoms with van der Waals surface area (Å²) >= 11 is 12.1. The number of carbonyl (C=O) groups is 1. The molecule has 5 nitrogen and oxygen atoms in total. The number of hydrogen-bond donors (Lipinski definition) is 3. The van der Waals surface area contributed by atoms with Gasteiger partial charge in [-0.15, -0.1) is 0 Å². The van der Waals surface area contributed by atoms with E-state index in [-0.39, 0.29) is 25.2 Å². The van der Waals surface area contributed by atoms with E-state index in [0.29, 0.717) is 15.6 Å². The van der Waals surface area contributed by atoms with Crippen molar-refractivity contribution in [3.63, 3.8) is 0 Å². The van der Waals surface area contributed by atoms with Gasteiger partial charge in [-0.25, -0.2) is 4.79 Å². The Morgan fingerprint density at radius 3 is 2.50 bits per heavy atom. The minimum Gasteiger partial charge on any atom is -0.394 e. The second-order valence-corrected chi connectivity index (χ2v) is 6.21. The molecule has 0 aromatic heterocycles. The lowest BCUT2D eigenvalue weighted by molar-refractivity contribution is 0.0926. The van der Waals surface area contributed by atoms with Crippen molar-refractivity contribution >= 4 is 29.2 Å². The summed E-state index contributed by atoms with van der Waals surface area (Å²) in [6.07, 6.45) is -0.690. The number of nitrogens with one attached hydrogen (secondary N) is 1. The van der Waals surface area contributed by atoms with Crippen LogP contribution in [-0.4, -0.2) is 46.4 Å². The molecule has 7 heteroatoms. The molecule has 0 bridgehead atoms. The molecule has 0 aliphatic heterocycles. The zero-order valence-electron chi connectivity index (χ0n) is 12.9. The number of rotatable bonds is 6. The van der Waals surface area contributed by atoms with Crippen LogP contribution in [0.15, 0.2) is 18.2 Å². The number of carbonyl (C=O) groups excluding carboxylic acids is 1. The Labute approximate surface area is 140 Å². The molecule has 1 rings (SSSR count). The maximum absolute atomic E-state index is 12.4. The first-order chi connectivity index (χ1) is 10.3. The van der Waals surface area contributed by atoms with Crippen LogP contribution in [0.25, 0.3) is 0 Å². The maximum Gasteiger partial charge on any atom is 0.318 e. The van der Waals surface area contributed by atoms with Gasteiger partial charge in [0.2, 0.25) is 0 Å². The Balaban J connectivity index is 2.85. The van der Waals surface area contributed by atoms with Crippen LogP contribution in [0.1, 0.15) is 32.4 Å². The summed E-state index contributed by atoms with van der Waals surface area (Å²) in [5.41, 5.74) is 0.705. The second kappa shape index (κ2) is 8.58. The molecule has 0 heterocycles. The molecule has 0 aliphatic carbocycles. The highest BCUT2D eigenvalue weighted by molar-refractivity contribution is 6.33. The number of hydrogen-bond acceptors (Lipinski definition) is 3. The van der Waals surface area contributed by atoms with E-state index in [1.807, 2.05) is 0 Å². The second-order valence-electron chi connectivity index (χ2n) is 5.37. The van der Waals surface area contributed by atoms with Crippen LogP contribution in [0.5, 0.6) is 0 Å². The van der Waals surface area contributed by atoms with Gasteiger partial charge >= 0.3 is 6.03 Å². The first-order valence-electron chi connectivity index (χ1n) is 7.07. The highest BCUT2D eigenvalue weighted by Crippen LogP contribution is 2.26. The Bertz CT molecular complexity index is 512. The predicted octanol–water partition coefficient (Wildman–Crippen LogP) is 2.83. The van der Waals surface area contributed by atoms with Crippen LogP contribution < -0.4 is 5.32 Å². The minimum absolute atomic E-state index is 0.129. The number of amides is 2. The highest BCUT2D eigenvalue weighted by atomic mass is 35.5. The molecule has 0 saturated heterocycles. The summed E-state index contributed by atoms with van der Waals surface area (Å²) in [7, 11) is 0. The predicted molar refractivity (Wildman–Crippen MR) is 88.3 cm³/mol. The van der Waals surface area contributed by atoms with Gasteiger partial charge in [0.1, 0.15) is 0 Å². The fourth-order valence-electron chi connectivity index (χ4n) is 2.04. The van der Waals surface area contributed by atoms with Crippen LogP contribution >= 0.6 is 23.2 Å². The lowest BCUT2D eigenvalue weighted by Gasteiger charge is -2.30. The lowest BCUT2D eigenvalue weighted by Crippen LogP contribution is -2.49. The third-order valence-corrected chi connectivity index (χ3v) is 3.86. The van der Waals surface area contributed by atoms with E-state index in [4.69, 9.17) is 23.2 Å². The van der Waals surface area contributed by atoms with Gasteiger partial charge in [-0.3, -0.25) is 0 Å². The third-order valence-electron chi connectivity index (χ3n) is 3.28. The number of aliphatic hydroxyl groups is 2. The number of urea groups is 1. The van der Waals surface area contributed by atoms with E-state index in [0.717, 1.165) is 0 Å². The van der Waals surface area contributed by atoms with Gasteiger partial charge in [-0.05, 0) is 44.5 Å². The van der Waals surface area contributed by atoms with Crippen molar-refractivity contribution in [2.24, 2.45) is 0 Å². The Hall–Kier alpha value is -1.01. The van der Waals surface area contributed by atoms with E-state index >= 15 is 0 Å². The van der Waals surface area contributed by atoms with E-state index in [1.54, 1.807) is 39.0 Å². The van der Waals surface area contributed by atoms with Crippen molar-refractivity contribution in [1.29, 1.82) is 0 Å². The van der Waals surface area contributed by atoms with Gasteiger partial charge in [0.25, 0.3) is 0 Å². The van der Waals surface area contributed by atoms with Gasteiger partial charge < -0.3 is 20.4 Å². The average molecular weight is 349 g/mol. The molecule has 1 aromatic rings. The zero-order valence-corrected chi connectivity index (χ0v) is 14.4. The van der Waals surface area contributed by atoms with Crippen molar-refractivity contribution in [3.8, 4) is 0 Å². The van der Waals surface area contributed by atoms with Crippen molar-refractivity contribution in [1.82, 2.24) is 10.2 Å². The van der Waals surface area contributed by atoms with Crippen LogP contribution in [0.2, 0.25) is 10.0 Å². The molecule has 3 N–H and O–H groups in total. The monoisotopic (exact) mass is 348 g/mol. The van der Waals surface area contributed by atoms with Gasteiger partial charge in [0.05, 0.1) is 24.8 Å². The Morgan fingerprint density at radius 1 is 1.32 bits per heavy atom. The fourth-order valence-corrected chi connectivity index (χ4v) is 2.50. The number of benzene rings is 1. The molecule has 2 amide bonds. The number of aliphatic hydroxyl groups excluding tert-OH is 2.